The van der Waals surface area contributed by atoms with Crippen molar-refractivity contribution in [2.24, 2.45) is 11.8 Å². The molecule has 0 aliphatic heterocycles. The van der Waals surface area contributed by atoms with E-state index < -0.39 is 0 Å². The first-order valence-electron chi connectivity index (χ1n) is 12.6. The summed E-state index contributed by atoms with van der Waals surface area (Å²) in [5.74, 6) is 1.38. The van der Waals surface area contributed by atoms with E-state index in [2.05, 4.69) is 5.32 Å². The average Bonchev–Trinajstić information content (AvgIpc) is 2.72. The van der Waals surface area contributed by atoms with E-state index in [1.165, 1.54) is 122 Å². The molecule has 0 saturated heterocycles. The molecule has 0 heterocycles. The molecular weight excluding hydrogens is 330 g/mol. The molecule has 158 valence electrons. The predicted molar refractivity (Wildman–Crippen MR) is 117 cm³/mol. The zero-order valence-corrected chi connectivity index (χ0v) is 18.1. The van der Waals surface area contributed by atoms with Crippen molar-refractivity contribution >= 4 is 5.91 Å². The molecule has 2 aliphatic rings. The van der Waals surface area contributed by atoms with E-state index in [4.69, 9.17) is 0 Å². The van der Waals surface area contributed by atoms with E-state index in [0.29, 0.717) is 11.8 Å². The molecule has 0 aromatic heterocycles. The van der Waals surface area contributed by atoms with Gasteiger partial charge < -0.3 is 5.32 Å². The van der Waals surface area contributed by atoms with Gasteiger partial charge >= 0.3 is 0 Å². The van der Waals surface area contributed by atoms with Crippen LogP contribution in [0.15, 0.2) is 0 Å². The Bertz CT molecular complexity index is 343. The second kappa shape index (κ2) is 15.4. The number of carbonyl (C=O) groups excluding carboxylic acids is 1. The van der Waals surface area contributed by atoms with Crippen LogP contribution in [-0.2, 0) is 4.79 Å². The lowest BCUT2D eigenvalue weighted by Crippen LogP contribution is -2.34. The lowest BCUT2D eigenvalue weighted by Gasteiger charge is -2.22. The van der Waals surface area contributed by atoms with Crippen LogP contribution in [0.2, 0.25) is 0 Å². The lowest BCUT2D eigenvalue weighted by atomic mass is 9.91. The number of hydrogen-bond donors (Lipinski definition) is 1. The first kappa shape index (κ1) is 22.8. The third kappa shape index (κ3) is 11.2. The molecule has 0 spiro atoms. The largest absolute Gasteiger partial charge is 0.356 e. The normalized spacial score (nSPS) is 24.1. The second-order valence-corrected chi connectivity index (χ2v) is 9.47. The standard InChI is InChI=1S/C25H47NO/c27-25(24-20-16-12-8-5-9-13-17-21-24)26-22-23-18-14-10-6-3-1-2-4-7-11-15-19-23/h23-24H,1-22H2,(H,26,27). The van der Waals surface area contributed by atoms with Gasteiger partial charge in [-0.3, -0.25) is 4.79 Å². The summed E-state index contributed by atoms with van der Waals surface area (Å²) in [4.78, 5) is 12.8. The van der Waals surface area contributed by atoms with Gasteiger partial charge in [-0.15, -0.1) is 0 Å². The van der Waals surface area contributed by atoms with Gasteiger partial charge in [0.25, 0.3) is 0 Å². The van der Waals surface area contributed by atoms with Crippen LogP contribution in [0.4, 0.5) is 0 Å². The third-order valence-corrected chi connectivity index (χ3v) is 7.02. The van der Waals surface area contributed by atoms with Gasteiger partial charge in [0.05, 0.1) is 0 Å². The van der Waals surface area contributed by atoms with Gasteiger partial charge in [0.1, 0.15) is 0 Å². The number of amides is 1. The molecule has 0 unspecified atom stereocenters. The highest BCUT2D eigenvalue weighted by molar-refractivity contribution is 5.78. The summed E-state index contributed by atoms with van der Waals surface area (Å²) < 4.78 is 0. The minimum absolute atomic E-state index is 0.290. The van der Waals surface area contributed by atoms with Crippen molar-refractivity contribution in [3.8, 4) is 0 Å². The Balaban J connectivity index is 1.73. The van der Waals surface area contributed by atoms with Crippen LogP contribution < -0.4 is 5.32 Å². The summed E-state index contributed by atoms with van der Waals surface area (Å²) in [7, 11) is 0. The molecular formula is C25H47NO. The fourth-order valence-electron chi connectivity index (χ4n) is 5.09. The Morgan fingerprint density at radius 1 is 0.519 bits per heavy atom. The molecule has 2 fully saturated rings. The molecule has 0 atom stereocenters. The van der Waals surface area contributed by atoms with E-state index in [9.17, 15) is 4.79 Å². The maximum Gasteiger partial charge on any atom is 0.223 e. The molecule has 1 N–H and O–H groups in total. The zero-order valence-electron chi connectivity index (χ0n) is 18.1. The summed E-state index contributed by atoms with van der Waals surface area (Å²) in [6.07, 6.45) is 28.3. The van der Waals surface area contributed by atoms with Crippen LogP contribution in [0, 0.1) is 11.8 Å². The molecule has 2 saturated carbocycles. The van der Waals surface area contributed by atoms with Crippen molar-refractivity contribution in [2.75, 3.05) is 6.54 Å². The Morgan fingerprint density at radius 2 is 0.852 bits per heavy atom. The average molecular weight is 378 g/mol. The van der Waals surface area contributed by atoms with Crippen molar-refractivity contribution in [1.29, 1.82) is 0 Å². The Hall–Kier alpha value is -0.530. The molecule has 2 rings (SSSR count). The molecule has 2 nitrogen and oxygen atoms in total. The van der Waals surface area contributed by atoms with Crippen LogP contribution in [0.1, 0.15) is 135 Å². The van der Waals surface area contributed by atoms with E-state index in [-0.39, 0.29) is 5.92 Å². The summed E-state index contributed by atoms with van der Waals surface area (Å²) in [5, 5.41) is 3.39. The first-order chi connectivity index (χ1) is 13.4. The Labute approximate surface area is 169 Å². The van der Waals surface area contributed by atoms with Gasteiger partial charge in [-0.25, -0.2) is 0 Å². The first-order valence-corrected chi connectivity index (χ1v) is 12.6. The smallest absolute Gasteiger partial charge is 0.223 e. The van der Waals surface area contributed by atoms with Gasteiger partial charge in [-0.2, -0.15) is 0 Å². The topological polar surface area (TPSA) is 29.1 Å². The molecule has 2 heteroatoms. The quantitative estimate of drug-likeness (QED) is 0.540. The van der Waals surface area contributed by atoms with Gasteiger partial charge in [0, 0.05) is 12.5 Å². The molecule has 0 aromatic carbocycles. The van der Waals surface area contributed by atoms with Crippen molar-refractivity contribution in [3.05, 3.63) is 0 Å². The maximum absolute atomic E-state index is 12.8. The molecule has 27 heavy (non-hydrogen) atoms. The summed E-state index contributed by atoms with van der Waals surface area (Å²) in [6, 6.07) is 0. The SMILES string of the molecule is O=C(NCC1CCCCCCCCCCCC1)C1CCCCCCCCC1. The van der Waals surface area contributed by atoms with Crippen LogP contribution in [0.25, 0.3) is 0 Å². The number of rotatable bonds is 3. The Kier molecular flexibility index (Phi) is 13.0. The number of nitrogens with one attached hydrogen (secondary N) is 1. The highest BCUT2D eigenvalue weighted by atomic mass is 16.1. The van der Waals surface area contributed by atoms with Crippen LogP contribution in [0.3, 0.4) is 0 Å². The highest BCUT2D eigenvalue weighted by Crippen LogP contribution is 2.23. The van der Waals surface area contributed by atoms with Crippen molar-refractivity contribution in [3.63, 3.8) is 0 Å². The highest BCUT2D eigenvalue weighted by Gasteiger charge is 2.19. The minimum atomic E-state index is 0.290. The number of carbonyl (C=O) groups is 1. The molecule has 2 aliphatic carbocycles. The third-order valence-electron chi connectivity index (χ3n) is 7.02. The lowest BCUT2D eigenvalue weighted by molar-refractivity contribution is -0.125. The molecule has 0 radical (unpaired) electrons. The molecule has 1 amide bonds. The Morgan fingerprint density at radius 3 is 1.26 bits per heavy atom. The zero-order chi connectivity index (χ0) is 19.0. The van der Waals surface area contributed by atoms with Crippen LogP contribution in [0.5, 0.6) is 0 Å². The summed E-state index contributed by atoms with van der Waals surface area (Å²) in [5.41, 5.74) is 0. The monoisotopic (exact) mass is 377 g/mol. The maximum atomic E-state index is 12.8. The van der Waals surface area contributed by atoms with Crippen molar-refractivity contribution in [1.82, 2.24) is 5.32 Å². The fraction of sp³-hybridized carbons (Fsp3) is 0.960. The van der Waals surface area contributed by atoms with Gasteiger partial charge in [0.2, 0.25) is 5.91 Å². The van der Waals surface area contributed by atoms with Crippen molar-refractivity contribution in [2.45, 2.75) is 135 Å². The van der Waals surface area contributed by atoms with E-state index in [1.54, 1.807) is 0 Å². The molecule has 0 bridgehead atoms. The minimum Gasteiger partial charge on any atom is -0.356 e. The summed E-state index contributed by atoms with van der Waals surface area (Å²) in [6.45, 7) is 0.940. The van der Waals surface area contributed by atoms with Gasteiger partial charge in [-0.05, 0) is 31.6 Å². The van der Waals surface area contributed by atoms with E-state index in [1.807, 2.05) is 0 Å². The van der Waals surface area contributed by atoms with Crippen LogP contribution >= 0.6 is 0 Å². The van der Waals surface area contributed by atoms with Crippen LogP contribution in [-0.4, -0.2) is 12.5 Å². The van der Waals surface area contributed by atoms with Gasteiger partial charge in [-0.1, -0.05) is 109 Å². The van der Waals surface area contributed by atoms with E-state index in [0.717, 1.165) is 19.4 Å². The summed E-state index contributed by atoms with van der Waals surface area (Å²) >= 11 is 0. The second-order valence-electron chi connectivity index (χ2n) is 9.47. The molecule has 0 aromatic rings. The number of hydrogen-bond acceptors (Lipinski definition) is 1. The fourth-order valence-corrected chi connectivity index (χ4v) is 5.09. The van der Waals surface area contributed by atoms with E-state index >= 15 is 0 Å². The predicted octanol–water partition coefficient (Wildman–Crippen LogP) is 7.55. The van der Waals surface area contributed by atoms with Gasteiger partial charge in [0.15, 0.2) is 0 Å². The van der Waals surface area contributed by atoms with Crippen molar-refractivity contribution < 1.29 is 4.79 Å².